The molecule has 0 radical (unpaired) electrons. The van der Waals surface area contributed by atoms with Gasteiger partial charge in [0.15, 0.2) is 0 Å². The molecule has 2 fully saturated rings. The fourth-order valence-electron chi connectivity index (χ4n) is 3.50. The van der Waals surface area contributed by atoms with Crippen molar-refractivity contribution in [2.24, 2.45) is 5.41 Å². The number of carboxylic acids is 1. The summed E-state index contributed by atoms with van der Waals surface area (Å²) in [6.45, 7) is 2.89. The molecule has 1 spiro atoms. The lowest BCUT2D eigenvalue weighted by Gasteiger charge is -2.42. The minimum Gasteiger partial charge on any atom is -0.481 e. The molecule has 1 aliphatic heterocycles. The number of rotatable bonds is 4. The number of aliphatic hydroxyl groups is 1. The fraction of sp³-hybridized carbons (Fsp3) is 0.923. The van der Waals surface area contributed by atoms with E-state index in [1.807, 2.05) is 0 Å². The van der Waals surface area contributed by atoms with Crippen LogP contribution in [0.4, 0.5) is 0 Å². The van der Waals surface area contributed by atoms with E-state index in [1.165, 1.54) is 0 Å². The van der Waals surface area contributed by atoms with E-state index in [9.17, 15) is 9.90 Å². The molecule has 1 saturated heterocycles. The Morgan fingerprint density at radius 2 is 2.12 bits per heavy atom. The number of carbonyl (C=O) groups is 1. The van der Waals surface area contributed by atoms with Gasteiger partial charge in [-0.05, 0) is 45.2 Å². The third kappa shape index (κ3) is 2.99. The SMILES string of the molecule is O=C(O)CCCN1CCC[C@]2(CCC[C@H]2O)C1. The van der Waals surface area contributed by atoms with Crippen molar-refractivity contribution in [1.29, 1.82) is 0 Å². The molecule has 98 valence electrons. The largest absolute Gasteiger partial charge is 0.481 e. The summed E-state index contributed by atoms with van der Waals surface area (Å²) in [5.74, 6) is -0.711. The van der Waals surface area contributed by atoms with Crippen molar-refractivity contribution in [3.63, 3.8) is 0 Å². The molecule has 2 atom stereocenters. The topological polar surface area (TPSA) is 60.8 Å². The summed E-state index contributed by atoms with van der Waals surface area (Å²) in [6, 6.07) is 0. The number of hydrogen-bond donors (Lipinski definition) is 2. The minimum atomic E-state index is -0.711. The third-order valence-electron chi connectivity index (χ3n) is 4.41. The fourth-order valence-corrected chi connectivity index (χ4v) is 3.50. The molecule has 1 aliphatic carbocycles. The van der Waals surface area contributed by atoms with Crippen molar-refractivity contribution in [2.45, 2.75) is 51.0 Å². The van der Waals surface area contributed by atoms with E-state index in [-0.39, 0.29) is 17.9 Å². The van der Waals surface area contributed by atoms with E-state index < -0.39 is 5.97 Å². The molecular formula is C13H23NO3. The Hall–Kier alpha value is -0.610. The zero-order valence-electron chi connectivity index (χ0n) is 10.4. The van der Waals surface area contributed by atoms with Gasteiger partial charge in [0.05, 0.1) is 6.10 Å². The summed E-state index contributed by atoms with van der Waals surface area (Å²) in [5, 5.41) is 18.7. The number of aliphatic hydroxyl groups excluding tert-OH is 1. The number of aliphatic carboxylic acids is 1. The van der Waals surface area contributed by atoms with Crippen LogP contribution in [0.5, 0.6) is 0 Å². The number of piperidine rings is 1. The maximum absolute atomic E-state index is 10.5. The summed E-state index contributed by atoms with van der Waals surface area (Å²) in [7, 11) is 0. The highest BCUT2D eigenvalue weighted by molar-refractivity contribution is 5.66. The minimum absolute atomic E-state index is 0.126. The quantitative estimate of drug-likeness (QED) is 0.782. The first kappa shape index (κ1) is 12.8. The standard InChI is InChI=1S/C13H23NO3/c15-11-4-1-6-13(11)7-3-9-14(10-13)8-2-5-12(16)17/h11,15H,1-10H2,(H,16,17)/t11-,13-/m1/s1. The van der Waals surface area contributed by atoms with E-state index in [1.54, 1.807) is 0 Å². The highest BCUT2D eigenvalue weighted by Crippen LogP contribution is 2.44. The molecule has 0 aromatic heterocycles. The first-order valence-electron chi connectivity index (χ1n) is 6.75. The van der Waals surface area contributed by atoms with Crippen molar-refractivity contribution < 1.29 is 15.0 Å². The van der Waals surface area contributed by atoms with E-state index in [0.717, 1.165) is 58.2 Å². The van der Waals surface area contributed by atoms with Gasteiger partial charge in [-0.2, -0.15) is 0 Å². The Labute approximate surface area is 103 Å². The van der Waals surface area contributed by atoms with Crippen LogP contribution in [0.15, 0.2) is 0 Å². The Kier molecular flexibility index (Phi) is 4.05. The summed E-state index contributed by atoms with van der Waals surface area (Å²) in [4.78, 5) is 12.8. The highest BCUT2D eigenvalue weighted by atomic mass is 16.4. The van der Waals surface area contributed by atoms with E-state index in [0.29, 0.717) is 0 Å². The number of carboxylic acid groups (broad SMARTS) is 1. The van der Waals surface area contributed by atoms with Gasteiger partial charge in [0.2, 0.25) is 0 Å². The van der Waals surface area contributed by atoms with Gasteiger partial charge in [-0.1, -0.05) is 6.42 Å². The van der Waals surface area contributed by atoms with E-state index in [4.69, 9.17) is 5.11 Å². The monoisotopic (exact) mass is 241 g/mol. The maximum atomic E-state index is 10.5. The van der Waals surface area contributed by atoms with Crippen LogP contribution >= 0.6 is 0 Å². The molecule has 2 aliphatic rings. The van der Waals surface area contributed by atoms with Crippen LogP contribution in [0, 0.1) is 5.41 Å². The molecule has 2 rings (SSSR count). The smallest absolute Gasteiger partial charge is 0.303 e. The van der Waals surface area contributed by atoms with Gasteiger partial charge in [-0.3, -0.25) is 4.79 Å². The lowest BCUT2D eigenvalue weighted by Crippen LogP contribution is -2.47. The van der Waals surface area contributed by atoms with Crippen molar-refractivity contribution >= 4 is 5.97 Å². The zero-order valence-corrected chi connectivity index (χ0v) is 10.4. The Morgan fingerprint density at radius 1 is 1.35 bits per heavy atom. The second-order valence-corrected chi connectivity index (χ2v) is 5.65. The zero-order chi connectivity index (χ0) is 12.3. The molecule has 1 saturated carbocycles. The average molecular weight is 241 g/mol. The van der Waals surface area contributed by atoms with Crippen molar-refractivity contribution in [1.82, 2.24) is 4.90 Å². The van der Waals surface area contributed by atoms with Crippen molar-refractivity contribution in [3.05, 3.63) is 0 Å². The Balaban J connectivity index is 1.82. The predicted molar refractivity (Wildman–Crippen MR) is 64.8 cm³/mol. The lowest BCUT2D eigenvalue weighted by molar-refractivity contribution is -0.137. The highest BCUT2D eigenvalue weighted by Gasteiger charge is 2.44. The van der Waals surface area contributed by atoms with Crippen LogP contribution in [0.1, 0.15) is 44.9 Å². The Morgan fingerprint density at radius 3 is 2.76 bits per heavy atom. The van der Waals surface area contributed by atoms with Crippen LogP contribution in [-0.4, -0.2) is 46.8 Å². The Bertz CT molecular complexity index is 282. The average Bonchev–Trinajstić information content (AvgIpc) is 2.60. The van der Waals surface area contributed by atoms with Crippen LogP contribution in [0.25, 0.3) is 0 Å². The van der Waals surface area contributed by atoms with Gasteiger partial charge in [0.1, 0.15) is 0 Å². The lowest BCUT2D eigenvalue weighted by atomic mass is 9.76. The molecule has 1 heterocycles. The van der Waals surface area contributed by atoms with Gasteiger partial charge >= 0.3 is 5.97 Å². The van der Waals surface area contributed by atoms with Gasteiger partial charge in [-0.25, -0.2) is 0 Å². The number of nitrogens with zero attached hydrogens (tertiary/aromatic N) is 1. The first-order valence-corrected chi connectivity index (χ1v) is 6.75. The predicted octanol–water partition coefficient (Wildman–Crippen LogP) is 1.48. The van der Waals surface area contributed by atoms with Gasteiger partial charge in [0.25, 0.3) is 0 Å². The molecule has 2 N–H and O–H groups in total. The number of hydrogen-bond acceptors (Lipinski definition) is 3. The molecule has 4 nitrogen and oxygen atoms in total. The second-order valence-electron chi connectivity index (χ2n) is 5.65. The van der Waals surface area contributed by atoms with Gasteiger partial charge in [0, 0.05) is 18.4 Å². The second kappa shape index (κ2) is 5.36. The van der Waals surface area contributed by atoms with Gasteiger partial charge < -0.3 is 15.1 Å². The van der Waals surface area contributed by atoms with Crippen molar-refractivity contribution in [2.75, 3.05) is 19.6 Å². The van der Waals surface area contributed by atoms with E-state index in [2.05, 4.69) is 4.90 Å². The van der Waals surface area contributed by atoms with Gasteiger partial charge in [-0.15, -0.1) is 0 Å². The summed E-state index contributed by atoms with van der Waals surface area (Å²) < 4.78 is 0. The van der Waals surface area contributed by atoms with Crippen LogP contribution in [-0.2, 0) is 4.79 Å². The molecule has 17 heavy (non-hydrogen) atoms. The molecule has 0 amide bonds. The molecule has 0 aromatic rings. The molecule has 0 unspecified atom stereocenters. The summed E-state index contributed by atoms with van der Waals surface area (Å²) >= 11 is 0. The number of likely N-dealkylation sites (tertiary alicyclic amines) is 1. The molecule has 0 aromatic carbocycles. The third-order valence-corrected chi connectivity index (χ3v) is 4.41. The first-order chi connectivity index (χ1) is 8.12. The van der Waals surface area contributed by atoms with Crippen molar-refractivity contribution in [3.8, 4) is 0 Å². The van der Waals surface area contributed by atoms with Crippen LogP contribution in [0.3, 0.4) is 0 Å². The molecule has 4 heteroatoms. The summed E-state index contributed by atoms with van der Waals surface area (Å²) in [5.41, 5.74) is 0.126. The maximum Gasteiger partial charge on any atom is 0.303 e. The van der Waals surface area contributed by atoms with Crippen LogP contribution in [0.2, 0.25) is 0 Å². The summed E-state index contributed by atoms with van der Waals surface area (Å²) in [6.07, 6.45) is 6.36. The normalized spacial score (nSPS) is 34.3. The molecule has 0 bridgehead atoms. The van der Waals surface area contributed by atoms with E-state index >= 15 is 0 Å². The molecular weight excluding hydrogens is 218 g/mol. The van der Waals surface area contributed by atoms with Crippen LogP contribution < -0.4 is 0 Å².